The van der Waals surface area contributed by atoms with Crippen molar-refractivity contribution in [1.29, 1.82) is 0 Å². The van der Waals surface area contributed by atoms with Gasteiger partial charge >= 0.3 is 0 Å². The van der Waals surface area contributed by atoms with E-state index in [4.69, 9.17) is 0 Å². The van der Waals surface area contributed by atoms with Crippen LogP contribution in [0.4, 0.5) is 5.69 Å². The van der Waals surface area contributed by atoms with Crippen LogP contribution in [-0.4, -0.2) is 26.7 Å². The zero-order chi connectivity index (χ0) is 19.8. The number of rotatable bonds is 4. The summed E-state index contributed by atoms with van der Waals surface area (Å²) in [5.41, 5.74) is 2.34. The smallest absolute Gasteiger partial charge is 0.260 e. The molecule has 6 nitrogen and oxygen atoms in total. The van der Waals surface area contributed by atoms with E-state index < -0.39 is 0 Å². The molecule has 1 aliphatic rings. The molecular weight excluding hydrogens is 394 g/mol. The Morgan fingerprint density at radius 3 is 3.11 bits per heavy atom. The monoisotopic (exact) mass is 415 g/mol. The first-order valence-electron chi connectivity index (χ1n) is 9.17. The van der Waals surface area contributed by atoms with Gasteiger partial charge in [0.1, 0.15) is 10.6 Å². The summed E-state index contributed by atoms with van der Waals surface area (Å²) in [6.07, 6.45) is 3.03. The zero-order valence-electron chi connectivity index (χ0n) is 15.7. The lowest BCUT2D eigenvalue weighted by atomic mass is 9.89. The van der Waals surface area contributed by atoms with Crippen LogP contribution >= 0.6 is 23.1 Å². The van der Waals surface area contributed by atoms with E-state index in [9.17, 15) is 14.7 Å². The lowest BCUT2D eigenvalue weighted by molar-refractivity contribution is -0.113. The summed E-state index contributed by atoms with van der Waals surface area (Å²) >= 11 is 2.77. The molecule has 0 saturated carbocycles. The SMILES string of the molecule is Cc1ccc(O)c(NC(=O)CSc2nc3sc4c(c3c(=O)[nH]2)CCC(C)C4)c1. The van der Waals surface area contributed by atoms with E-state index in [1.54, 1.807) is 29.5 Å². The van der Waals surface area contributed by atoms with Gasteiger partial charge in [-0.1, -0.05) is 24.8 Å². The van der Waals surface area contributed by atoms with Gasteiger partial charge in [-0.15, -0.1) is 11.3 Å². The Kier molecular flexibility index (Phi) is 5.16. The van der Waals surface area contributed by atoms with Gasteiger partial charge in [0.2, 0.25) is 5.91 Å². The van der Waals surface area contributed by atoms with E-state index in [1.165, 1.54) is 16.6 Å². The van der Waals surface area contributed by atoms with Gasteiger partial charge in [0.25, 0.3) is 5.56 Å². The summed E-state index contributed by atoms with van der Waals surface area (Å²) in [4.78, 5) is 34.2. The molecule has 28 heavy (non-hydrogen) atoms. The third kappa shape index (κ3) is 3.79. The van der Waals surface area contributed by atoms with Crippen molar-refractivity contribution >= 4 is 44.9 Å². The van der Waals surface area contributed by atoms with E-state index in [0.29, 0.717) is 22.1 Å². The van der Waals surface area contributed by atoms with Crippen LogP contribution in [0.2, 0.25) is 0 Å². The number of aromatic amines is 1. The highest BCUT2D eigenvalue weighted by atomic mass is 32.2. The zero-order valence-corrected chi connectivity index (χ0v) is 17.3. The second-order valence-electron chi connectivity index (χ2n) is 7.26. The van der Waals surface area contributed by atoms with Gasteiger partial charge in [-0.05, 0) is 55.4 Å². The number of H-pyrrole nitrogens is 1. The fraction of sp³-hybridized carbons (Fsp3) is 0.350. The third-order valence-electron chi connectivity index (χ3n) is 4.91. The van der Waals surface area contributed by atoms with Gasteiger partial charge in [0.05, 0.1) is 16.8 Å². The van der Waals surface area contributed by atoms with Crippen molar-refractivity contribution in [3.63, 3.8) is 0 Å². The first-order chi connectivity index (χ1) is 13.4. The molecule has 0 aliphatic heterocycles. The third-order valence-corrected chi connectivity index (χ3v) is 6.93. The molecule has 1 amide bonds. The number of aryl methyl sites for hydroxylation is 2. The van der Waals surface area contributed by atoms with Gasteiger partial charge in [0.15, 0.2) is 5.16 Å². The summed E-state index contributed by atoms with van der Waals surface area (Å²) in [6.45, 7) is 4.12. The molecule has 4 rings (SSSR count). The lowest BCUT2D eigenvalue weighted by Crippen LogP contribution is -2.16. The predicted octanol–water partition coefficient (Wildman–Crippen LogP) is 3.85. The number of thiophene rings is 1. The van der Waals surface area contributed by atoms with Crippen molar-refractivity contribution in [3.8, 4) is 5.75 Å². The van der Waals surface area contributed by atoms with Crippen LogP contribution in [0.5, 0.6) is 5.75 Å². The number of carbonyl (C=O) groups excluding carboxylic acids is 1. The van der Waals surface area contributed by atoms with Crippen molar-refractivity contribution in [2.45, 2.75) is 38.3 Å². The number of nitrogens with one attached hydrogen (secondary N) is 2. The number of hydrogen-bond acceptors (Lipinski definition) is 6. The molecule has 0 spiro atoms. The lowest BCUT2D eigenvalue weighted by Gasteiger charge is -2.17. The van der Waals surface area contributed by atoms with Gasteiger partial charge in [0, 0.05) is 4.88 Å². The number of phenols is 1. The van der Waals surface area contributed by atoms with Gasteiger partial charge in [-0.2, -0.15) is 0 Å². The largest absolute Gasteiger partial charge is 0.506 e. The van der Waals surface area contributed by atoms with E-state index in [-0.39, 0.29) is 23.0 Å². The van der Waals surface area contributed by atoms with Crippen LogP contribution in [0, 0.1) is 12.8 Å². The molecule has 0 bridgehead atoms. The molecule has 2 heterocycles. The Morgan fingerprint density at radius 2 is 2.29 bits per heavy atom. The van der Waals surface area contributed by atoms with Crippen LogP contribution < -0.4 is 10.9 Å². The number of benzene rings is 1. The molecule has 0 saturated heterocycles. The Bertz CT molecular complexity index is 1120. The van der Waals surface area contributed by atoms with Gasteiger partial charge < -0.3 is 15.4 Å². The second-order valence-corrected chi connectivity index (χ2v) is 9.31. The predicted molar refractivity (Wildman–Crippen MR) is 114 cm³/mol. The second kappa shape index (κ2) is 7.60. The minimum absolute atomic E-state index is 0.0234. The molecule has 0 radical (unpaired) electrons. The van der Waals surface area contributed by atoms with Crippen LogP contribution in [0.3, 0.4) is 0 Å². The Morgan fingerprint density at radius 1 is 1.46 bits per heavy atom. The van der Waals surface area contributed by atoms with Crippen molar-refractivity contribution in [3.05, 3.63) is 44.6 Å². The molecule has 146 valence electrons. The minimum Gasteiger partial charge on any atom is -0.506 e. The van der Waals surface area contributed by atoms with Crippen molar-refractivity contribution in [2.75, 3.05) is 11.1 Å². The standard InChI is InChI=1S/C20H21N3O3S2/c1-10-4-6-14(24)13(7-10)21-16(25)9-27-20-22-18(26)17-12-5-3-11(2)8-15(12)28-19(17)23-20/h4,6-7,11,24H,3,5,8-9H2,1-2H3,(H,21,25)(H,22,23,26). The van der Waals surface area contributed by atoms with Crippen molar-refractivity contribution in [1.82, 2.24) is 9.97 Å². The highest BCUT2D eigenvalue weighted by molar-refractivity contribution is 7.99. The Balaban J connectivity index is 1.50. The number of phenolic OH excluding ortho intramolecular Hbond substituents is 1. The molecule has 1 atom stereocenters. The van der Waals surface area contributed by atoms with E-state index in [0.717, 1.165) is 35.2 Å². The summed E-state index contributed by atoms with van der Waals surface area (Å²) < 4.78 is 0. The summed E-state index contributed by atoms with van der Waals surface area (Å²) in [5, 5.41) is 13.7. The van der Waals surface area contributed by atoms with Crippen LogP contribution in [-0.2, 0) is 17.6 Å². The first-order valence-corrected chi connectivity index (χ1v) is 11.0. The average molecular weight is 416 g/mol. The Labute approximate surface area is 170 Å². The molecule has 3 N–H and O–H groups in total. The number of aromatic hydroxyl groups is 1. The fourth-order valence-electron chi connectivity index (χ4n) is 3.47. The number of aromatic nitrogens is 2. The van der Waals surface area contributed by atoms with E-state index in [1.807, 2.05) is 6.92 Å². The number of fused-ring (bicyclic) bond motifs is 3. The topological polar surface area (TPSA) is 95.1 Å². The number of amides is 1. The maximum absolute atomic E-state index is 12.6. The summed E-state index contributed by atoms with van der Waals surface area (Å²) in [6, 6.07) is 5.02. The number of anilines is 1. The molecule has 2 aromatic heterocycles. The van der Waals surface area contributed by atoms with E-state index >= 15 is 0 Å². The van der Waals surface area contributed by atoms with Gasteiger partial charge in [-0.3, -0.25) is 9.59 Å². The Hall–Kier alpha value is -2.32. The molecule has 1 unspecified atom stereocenters. The normalized spacial score (nSPS) is 16.1. The first kappa shape index (κ1) is 19.0. The fourth-order valence-corrected chi connectivity index (χ4v) is 5.57. The van der Waals surface area contributed by atoms with Crippen molar-refractivity contribution < 1.29 is 9.90 Å². The highest BCUT2D eigenvalue weighted by Gasteiger charge is 2.23. The van der Waals surface area contributed by atoms with Crippen molar-refractivity contribution in [2.24, 2.45) is 5.92 Å². The molecule has 0 fully saturated rings. The molecule has 8 heteroatoms. The van der Waals surface area contributed by atoms with Crippen LogP contribution in [0.15, 0.2) is 28.2 Å². The van der Waals surface area contributed by atoms with Gasteiger partial charge in [-0.25, -0.2) is 4.98 Å². The van der Waals surface area contributed by atoms with Crippen LogP contribution in [0.1, 0.15) is 29.3 Å². The number of hydrogen-bond donors (Lipinski definition) is 3. The maximum Gasteiger partial charge on any atom is 0.260 e. The number of nitrogens with zero attached hydrogens (tertiary/aromatic N) is 1. The summed E-state index contributed by atoms with van der Waals surface area (Å²) in [5.74, 6) is 0.475. The maximum atomic E-state index is 12.6. The average Bonchev–Trinajstić information content (AvgIpc) is 3.00. The molecule has 1 aromatic carbocycles. The molecular formula is C20H21N3O3S2. The van der Waals surface area contributed by atoms with E-state index in [2.05, 4.69) is 22.2 Å². The molecule has 1 aliphatic carbocycles. The number of thioether (sulfide) groups is 1. The quantitative estimate of drug-likeness (QED) is 0.342. The van der Waals surface area contributed by atoms with Crippen LogP contribution in [0.25, 0.3) is 10.2 Å². The highest BCUT2D eigenvalue weighted by Crippen LogP contribution is 2.36. The number of carbonyl (C=O) groups is 1. The molecule has 3 aromatic rings. The summed E-state index contributed by atoms with van der Waals surface area (Å²) in [7, 11) is 0. The minimum atomic E-state index is -0.270.